The number of anilines is 5. The van der Waals surface area contributed by atoms with E-state index in [1.54, 1.807) is 14.0 Å². The summed E-state index contributed by atoms with van der Waals surface area (Å²) in [5.74, 6) is 7.33. The summed E-state index contributed by atoms with van der Waals surface area (Å²) in [6, 6.07) is 12.9. The third-order valence-corrected chi connectivity index (χ3v) is 25.7. The van der Waals surface area contributed by atoms with Crippen LogP contribution in [0.3, 0.4) is 0 Å². The fourth-order valence-corrected chi connectivity index (χ4v) is 19.5. The average molecular weight is 1750 g/mol. The van der Waals surface area contributed by atoms with Crippen LogP contribution in [0.15, 0.2) is 94.8 Å². The largest absolute Gasteiger partial charge is 0.497 e. The minimum Gasteiger partial charge on any atom is -0.497 e. The van der Waals surface area contributed by atoms with Gasteiger partial charge in [-0.15, -0.1) is 0 Å². The van der Waals surface area contributed by atoms with Gasteiger partial charge in [-0.25, -0.2) is 49.8 Å². The first-order chi connectivity index (χ1) is 61.7. The summed E-state index contributed by atoms with van der Waals surface area (Å²) >= 11 is 6.20. The lowest BCUT2D eigenvalue weighted by Crippen LogP contribution is -2.30. The van der Waals surface area contributed by atoms with E-state index in [1.165, 1.54) is 31.6 Å². The Labute approximate surface area is 742 Å². The van der Waals surface area contributed by atoms with Gasteiger partial charge in [0.25, 0.3) is 0 Å². The summed E-state index contributed by atoms with van der Waals surface area (Å²) in [5.41, 5.74) is 56.9. The molecule has 35 heteroatoms. The number of hydrogen-bond donors (Lipinski definition) is 7. The van der Waals surface area contributed by atoms with Crippen LogP contribution in [0.4, 0.5) is 29.1 Å². The minimum atomic E-state index is 0.0244. The molecule has 8 aliphatic rings. The first-order valence-electron chi connectivity index (χ1n) is 43.7. The van der Waals surface area contributed by atoms with E-state index in [2.05, 4.69) is 187 Å². The fraction of sp³-hybridized carbons (Fsp3) is 0.387. The molecule has 0 radical (unpaired) electrons. The highest BCUT2D eigenvalue weighted by Gasteiger charge is 2.43. The van der Waals surface area contributed by atoms with E-state index in [9.17, 15) is 9.59 Å². The quantitative estimate of drug-likeness (QED) is 0.0668. The number of methoxy groups -OCH3 is 1. The van der Waals surface area contributed by atoms with Crippen molar-refractivity contribution < 1.29 is 32.6 Å². The molecule has 660 valence electrons. The molecule has 12 N–H and O–H groups in total. The van der Waals surface area contributed by atoms with Crippen molar-refractivity contribution >= 4 is 119 Å². The van der Waals surface area contributed by atoms with Gasteiger partial charge in [0.1, 0.15) is 129 Å². The second-order valence-electron chi connectivity index (χ2n) is 35.4. The Kier molecular flexibility index (Phi) is 21.3. The van der Waals surface area contributed by atoms with Crippen molar-refractivity contribution in [3.8, 4) is 61.8 Å². The number of carbonyl (C=O) groups excluding carboxylic acids is 2. The third-order valence-electron chi connectivity index (χ3n) is 25.5. The number of nitrogens with zero attached hydrogens (tertiary/aromatic N) is 20. The second kappa shape index (κ2) is 32.6. The Morgan fingerprint density at radius 2 is 0.789 bits per heavy atom. The number of halogens is 1. The number of benzene rings is 2. The molecule has 0 spiro atoms. The minimum absolute atomic E-state index is 0.0244. The summed E-state index contributed by atoms with van der Waals surface area (Å²) < 4.78 is 39.5. The standard InChI is InChI=1S/C20H24N6O2.C19H22N6O2.C19H21N5O.C18H18ClN5.C17H19N5O2/c1-4-14(27)25-7-12-17(24-28-18(12)11-5-6-11)15-13(8-25)26(10(2)3)20-16(15)19(21)22-9-23-20;1-9(2)25-13-7-24(10(3)26)6-12-16(23-27-17(12)11-4-5-11)14(13)15-18(20)21-8-22-19(15)25;1-10(2)24-15-8-21-11(3)14-7-12(25-4)5-6-13(14)16(15)17-18(20)22-9-23-19(17)24;1-9(2)24-14-7-21-10(3)13-6-11(19)4-5-12(13)15(14)16-17(20)22-8-23-18(16)24;1-8(2)22-11-6-23-5-10-14(21-24-15(10)9-3-4-9)12(11)13-16(18)19-7-20-17(13)22/h9-11H,4-8H2,1-3H3,(H2,21,22,23);8-9,11H,4-7H2,1-3H3,(H2,20,21,22);5-7,9-10,21H,3,8H2,1-2,4H3,(H2,20,22,23);4-6,8-9,21H,3,7H2,1-2H3,(H2,20,22,23);7-9H,3-6H2,1-2H3,(H2,18,19,20). The first-order valence-corrected chi connectivity index (χ1v) is 44.1. The molecule has 0 bridgehead atoms. The van der Waals surface area contributed by atoms with Gasteiger partial charge in [-0.3, -0.25) is 9.59 Å². The molecule has 0 saturated heterocycles. The highest BCUT2D eigenvalue weighted by atomic mass is 35.5. The zero-order valence-electron chi connectivity index (χ0n) is 74.1. The van der Waals surface area contributed by atoms with E-state index in [-0.39, 0.29) is 42.0 Å². The summed E-state index contributed by atoms with van der Waals surface area (Å²) in [7, 11) is 1.66. The molecule has 2 aromatic carbocycles. The lowest BCUT2D eigenvalue weighted by molar-refractivity contribution is -0.132. The van der Waals surface area contributed by atoms with E-state index in [4.69, 9.17) is 63.3 Å². The maximum absolute atomic E-state index is 12.7. The van der Waals surface area contributed by atoms with Crippen molar-refractivity contribution in [2.45, 2.75) is 228 Å². The van der Waals surface area contributed by atoms with E-state index in [0.29, 0.717) is 111 Å². The molecule has 0 atom stereocenters. The lowest BCUT2D eigenvalue weighted by atomic mass is 9.97. The molecule has 13 aromatic heterocycles. The second-order valence-corrected chi connectivity index (χ2v) is 35.8. The molecule has 128 heavy (non-hydrogen) atoms. The van der Waals surface area contributed by atoms with Gasteiger partial charge in [0.15, 0.2) is 0 Å². The van der Waals surface area contributed by atoms with Gasteiger partial charge in [0.05, 0.1) is 92.2 Å². The molecule has 3 saturated carbocycles. The Morgan fingerprint density at radius 3 is 1.17 bits per heavy atom. The topological polar surface area (TPSA) is 445 Å². The average Bonchev–Trinajstić information content (AvgIpc) is 1.58. The normalized spacial score (nSPS) is 15.4. The van der Waals surface area contributed by atoms with Crippen LogP contribution in [0.5, 0.6) is 5.75 Å². The van der Waals surface area contributed by atoms with Gasteiger partial charge in [-0.1, -0.05) is 53.2 Å². The number of hydrogen-bond acceptors (Lipinski definition) is 27. The number of aromatic nitrogens is 18. The predicted octanol–water partition coefficient (Wildman–Crippen LogP) is 16.9. The number of ether oxygens (including phenoxy) is 2. The maximum Gasteiger partial charge on any atom is 0.222 e. The smallest absolute Gasteiger partial charge is 0.222 e. The zero-order valence-corrected chi connectivity index (χ0v) is 74.8. The number of amides is 2. The molecule has 23 rings (SSSR count). The molecule has 15 aromatic rings. The van der Waals surface area contributed by atoms with Gasteiger partial charge in [-0.2, -0.15) is 0 Å². The number of carbonyl (C=O) groups is 2. The van der Waals surface area contributed by atoms with Crippen molar-refractivity contribution in [1.29, 1.82) is 0 Å². The summed E-state index contributed by atoms with van der Waals surface area (Å²) in [6.45, 7) is 37.4. The van der Waals surface area contributed by atoms with Crippen LogP contribution in [0.1, 0.15) is 250 Å². The molecular formula is C93H104ClN27O7. The summed E-state index contributed by atoms with van der Waals surface area (Å²) in [4.78, 5) is 72.5. The summed E-state index contributed by atoms with van der Waals surface area (Å²) in [6.07, 6.45) is 14.7. The van der Waals surface area contributed by atoms with Crippen LogP contribution in [0.25, 0.3) is 123 Å². The van der Waals surface area contributed by atoms with Crippen molar-refractivity contribution in [1.82, 2.24) is 109 Å². The van der Waals surface area contributed by atoms with Crippen LogP contribution in [-0.4, -0.2) is 117 Å². The van der Waals surface area contributed by atoms with E-state index < -0.39 is 0 Å². The number of nitrogen functional groups attached to an aromatic ring is 5. The summed E-state index contributed by atoms with van der Waals surface area (Å²) in [5, 5.41) is 25.0. The van der Waals surface area contributed by atoms with Crippen LogP contribution in [0.2, 0.25) is 5.02 Å². The third kappa shape index (κ3) is 14.1. The van der Waals surface area contributed by atoms with E-state index >= 15 is 0 Å². The molecule has 5 aliphatic heterocycles. The number of nitrogens with one attached hydrogen (secondary N) is 2. The van der Waals surface area contributed by atoms with Gasteiger partial charge in [0, 0.05) is 156 Å². The maximum atomic E-state index is 12.7. The van der Waals surface area contributed by atoms with Crippen molar-refractivity contribution in [3.63, 3.8) is 0 Å². The molecule has 3 fully saturated rings. The highest BCUT2D eigenvalue weighted by molar-refractivity contribution is 6.31. The predicted molar refractivity (Wildman–Crippen MR) is 491 cm³/mol. The SMILES string of the molecule is C=C1NCc2c(c3c(N)ncnc3n2C(C)C)-c2ccc(Cl)cc21.C=C1NCc2c(c3c(N)ncnc3n2C(C)C)-c2ccc(OC)cc21.CC(=O)N1Cc2c(noc2C2CC2)-c2c(n(C(C)C)c3ncnc(N)c23)C1.CC(C)n1c2c(c3c(N)ncnc31)-c1noc(C3CC3)c1COC2.CCC(=O)N1Cc2c(noc2C2CC2)-c2c(n(C(C)C)c3ncnc(N)c23)C1. The van der Waals surface area contributed by atoms with E-state index in [1.807, 2.05) is 47.1 Å². The van der Waals surface area contributed by atoms with Crippen LogP contribution >= 0.6 is 11.6 Å². The monoisotopic (exact) mass is 1750 g/mol. The van der Waals surface area contributed by atoms with Gasteiger partial charge in [0.2, 0.25) is 11.8 Å². The van der Waals surface area contributed by atoms with Gasteiger partial charge >= 0.3 is 0 Å². The molecule has 0 unspecified atom stereocenters. The van der Waals surface area contributed by atoms with Gasteiger partial charge < -0.3 is 95.0 Å². The Bertz CT molecular complexity index is 7030. The molecular weight excluding hydrogens is 1640 g/mol. The van der Waals surface area contributed by atoms with Crippen molar-refractivity contribution in [3.05, 3.63) is 160 Å². The van der Waals surface area contributed by atoms with Crippen LogP contribution in [-0.2, 0) is 66.8 Å². The number of nitrogens with two attached hydrogens (primary N) is 5. The number of rotatable bonds is 10. The molecule has 2 amide bonds. The van der Waals surface area contributed by atoms with Crippen molar-refractivity contribution in [2.75, 3.05) is 35.8 Å². The Morgan fingerprint density at radius 1 is 0.445 bits per heavy atom. The molecule has 3 aliphatic carbocycles. The first kappa shape index (κ1) is 83.8. The molecule has 18 heterocycles. The highest BCUT2D eigenvalue weighted by Crippen LogP contribution is 2.54. The number of fused-ring (bicyclic) bond motifs is 25. The molecule has 34 nitrogen and oxygen atoms in total. The Hall–Kier alpha value is -13.8. The van der Waals surface area contributed by atoms with Crippen LogP contribution < -0.4 is 44.0 Å². The van der Waals surface area contributed by atoms with Gasteiger partial charge in [-0.05, 0) is 149 Å². The Balaban J connectivity index is 0.000000104. The zero-order chi connectivity index (χ0) is 89.6. The lowest BCUT2D eigenvalue weighted by Gasteiger charge is -2.23. The van der Waals surface area contributed by atoms with E-state index in [0.717, 1.165) is 240 Å². The van der Waals surface area contributed by atoms with Crippen molar-refractivity contribution in [2.24, 2.45) is 0 Å². The van der Waals surface area contributed by atoms with Crippen LogP contribution in [0, 0.1) is 0 Å². The fourth-order valence-electron chi connectivity index (χ4n) is 19.3.